The first-order chi connectivity index (χ1) is 8.99. The Morgan fingerprint density at radius 2 is 1.89 bits per heavy atom. The van der Waals surface area contributed by atoms with Crippen molar-refractivity contribution in [1.29, 1.82) is 0 Å². The molecule has 0 bridgehead atoms. The van der Waals surface area contributed by atoms with E-state index < -0.39 is 5.82 Å². The highest BCUT2D eigenvalue weighted by Gasteiger charge is 2.14. The van der Waals surface area contributed by atoms with Crippen LogP contribution in [0.3, 0.4) is 0 Å². The maximum absolute atomic E-state index is 13.7. The number of anilines is 1. The summed E-state index contributed by atoms with van der Waals surface area (Å²) in [6, 6.07) is 8.25. The summed E-state index contributed by atoms with van der Waals surface area (Å²) >= 11 is 0. The summed E-state index contributed by atoms with van der Waals surface area (Å²) in [4.78, 5) is 0. The van der Waals surface area contributed by atoms with Crippen molar-refractivity contribution in [3.05, 3.63) is 59.2 Å². The molecule has 0 aliphatic rings. The lowest BCUT2D eigenvalue weighted by molar-refractivity contribution is 0.459. The van der Waals surface area contributed by atoms with Gasteiger partial charge in [-0.1, -0.05) is 18.2 Å². The quantitative estimate of drug-likeness (QED) is 0.871. The lowest BCUT2D eigenvalue weighted by atomic mass is 10.1. The Morgan fingerprint density at radius 3 is 2.53 bits per heavy atom. The van der Waals surface area contributed by atoms with Gasteiger partial charge in [-0.3, -0.25) is 0 Å². The largest absolute Gasteiger partial charge is 0.507 e. The summed E-state index contributed by atoms with van der Waals surface area (Å²) in [6.07, 6.45) is 0. The Hall–Kier alpha value is -2.10. The number of benzene rings is 2. The third-order valence-electron chi connectivity index (χ3n) is 3.04. The molecule has 2 nitrogen and oxygen atoms in total. The van der Waals surface area contributed by atoms with Crippen LogP contribution in [-0.2, 0) is 0 Å². The number of nitrogens with one attached hydrogen (secondary N) is 1. The summed E-state index contributed by atoms with van der Waals surface area (Å²) in [7, 11) is 0. The SMILES string of the molecule is Cc1cccc(F)c1NC(C)c1ccc(F)cc1O. The molecule has 0 aromatic heterocycles. The molecule has 1 unspecified atom stereocenters. The van der Waals surface area contributed by atoms with E-state index in [0.29, 0.717) is 11.3 Å². The molecule has 2 aromatic rings. The van der Waals surface area contributed by atoms with Crippen molar-refractivity contribution in [1.82, 2.24) is 0 Å². The van der Waals surface area contributed by atoms with Crippen LogP contribution in [0.1, 0.15) is 24.1 Å². The summed E-state index contributed by atoms with van der Waals surface area (Å²) < 4.78 is 26.6. The molecule has 100 valence electrons. The number of phenols is 1. The average molecular weight is 263 g/mol. The van der Waals surface area contributed by atoms with Gasteiger partial charge >= 0.3 is 0 Å². The molecule has 0 heterocycles. The van der Waals surface area contributed by atoms with Gasteiger partial charge in [-0.15, -0.1) is 0 Å². The summed E-state index contributed by atoms with van der Waals surface area (Å²) in [5.41, 5.74) is 1.68. The van der Waals surface area contributed by atoms with Crippen LogP contribution in [0.15, 0.2) is 36.4 Å². The third-order valence-corrected chi connectivity index (χ3v) is 3.04. The molecule has 2 rings (SSSR count). The number of rotatable bonds is 3. The van der Waals surface area contributed by atoms with Crippen molar-refractivity contribution in [2.24, 2.45) is 0 Å². The van der Waals surface area contributed by atoms with Crippen molar-refractivity contribution < 1.29 is 13.9 Å². The van der Waals surface area contributed by atoms with Gasteiger partial charge in [0.1, 0.15) is 17.4 Å². The van der Waals surface area contributed by atoms with E-state index in [1.165, 1.54) is 18.2 Å². The van der Waals surface area contributed by atoms with Gasteiger partial charge < -0.3 is 10.4 Å². The fourth-order valence-corrected chi connectivity index (χ4v) is 1.99. The Balaban J connectivity index is 2.28. The second-order valence-electron chi connectivity index (χ2n) is 4.50. The number of para-hydroxylation sites is 1. The van der Waals surface area contributed by atoms with Gasteiger partial charge in [0.25, 0.3) is 0 Å². The molecule has 0 aliphatic heterocycles. The van der Waals surface area contributed by atoms with E-state index in [2.05, 4.69) is 5.32 Å². The minimum absolute atomic E-state index is 0.144. The van der Waals surface area contributed by atoms with E-state index in [0.717, 1.165) is 11.6 Å². The molecule has 0 aliphatic carbocycles. The minimum Gasteiger partial charge on any atom is -0.507 e. The first kappa shape index (κ1) is 13.3. The number of aryl methyl sites for hydroxylation is 1. The van der Waals surface area contributed by atoms with E-state index in [1.54, 1.807) is 26.0 Å². The molecule has 0 saturated carbocycles. The fourth-order valence-electron chi connectivity index (χ4n) is 1.99. The van der Waals surface area contributed by atoms with Crippen LogP contribution in [-0.4, -0.2) is 5.11 Å². The number of hydrogen-bond donors (Lipinski definition) is 2. The van der Waals surface area contributed by atoms with Crippen LogP contribution in [0.5, 0.6) is 5.75 Å². The van der Waals surface area contributed by atoms with E-state index in [4.69, 9.17) is 0 Å². The predicted octanol–water partition coefficient (Wildman–Crippen LogP) is 4.15. The zero-order valence-corrected chi connectivity index (χ0v) is 10.7. The number of halogens is 2. The highest BCUT2D eigenvalue weighted by molar-refractivity contribution is 5.54. The monoisotopic (exact) mass is 263 g/mol. The van der Waals surface area contributed by atoms with Crippen LogP contribution >= 0.6 is 0 Å². The first-order valence-electron chi connectivity index (χ1n) is 5.99. The Bertz CT molecular complexity index is 578. The highest BCUT2D eigenvalue weighted by Crippen LogP contribution is 2.29. The van der Waals surface area contributed by atoms with E-state index >= 15 is 0 Å². The standard InChI is InChI=1S/C15H15F2NO/c1-9-4-3-5-13(17)15(9)18-10(2)12-7-6-11(16)8-14(12)19/h3-8,10,18-19H,1-2H3. The summed E-state index contributed by atoms with van der Waals surface area (Å²) in [5, 5.41) is 12.7. The molecule has 0 radical (unpaired) electrons. The Labute approximate surface area is 110 Å². The molecule has 0 saturated heterocycles. The van der Waals surface area contributed by atoms with Crippen molar-refractivity contribution in [3.63, 3.8) is 0 Å². The highest BCUT2D eigenvalue weighted by atomic mass is 19.1. The lowest BCUT2D eigenvalue weighted by Gasteiger charge is -2.19. The summed E-state index contributed by atoms with van der Waals surface area (Å²) in [6.45, 7) is 3.57. The topological polar surface area (TPSA) is 32.3 Å². The molecule has 4 heteroatoms. The van der Waals surface area contributed by atoms with Crippen LogP contribution in [0, 0.1) is 18.6 Å². The molecule has 2 N–H and O–H groups in total. The van der Waals surface area contributed by atoms with Gasteiger partial charge in [0.2, 0.25) is 0 Å². The van der Waals surface area contributed by atoms with Gasteiger partial charge in [0.05, 0.1) is 11.7 Å². The minimum atomic E-state index is -0.504. The molecule has 2 aromatic carbocycles. The van der Waals surface area contributed by atoms with Gasteiger partial charge in [0.15, 0.2) is 0 Å². The molecular weight excluding hydrogens is 248 g/mol. The molecule has 0 fully saturated rings. The Morgan fingerprint density at radius 1 is 1.16 bits per heavy atom. The maximum atomic E-state index is 13.7. The van der Waals surface area contributed by atoms with Gasteiger partial charge in [-0.25, -0.2) is 8.78 Å². The molecule has 1 atom stereocenters. The second-order valence-corrected chi connectivity index (χ2v) is 4.50. The van der Waals surface area contributed by atoms with Crippen molar-refractivity contribution in [2.45, 2.75) is 19.9 Å². The fraction of sp³-hybridized carbons (Fsp3) is 0.200. The third kappa shape index (κ3) is 2.84. The predicted molar refractivity (Wildman–Crippen MR) is 71.2 cm³/mol. The zero-order chi connectivity index (χ0) is 14.0. The zero-order valence-electron chi connectivity index (χ0n) is 10.7. The normalized spacial score (nSPS) is 12.2. The van der Waals surface area contributed by atoms with Gasteiger partial charge in [-0.2, -0.15) is 0 Å². The van der Waals surface area contributed by atoms with Crippen molar-refractivity contribution in [3.8, 4) is 5.75 Å². The van der Waals surface area contributed by atoms with Crippen molar-refractivity contribution >= 4 is 5.69 Å². The van der Waals surface area contributed by atoms with Crippen molar-refractivity contribution in [2.75, 3.05) is 5.32 Å². The second kappa shape index (κ2) is 5.26. The van der Waals surface area contributed by atoms with E-state index in [-0.39, 0.29) is 17.6 Å². The van der Waals surface area contributed by atoms with Gasteiger partial charge in [-0.05, 0) is 31.5 Å². The molecule has 19 heavy (non-hydrogen) atoms. The summed E-state index contributed by atoms with van der Waals surface area (Å²) in [5.74, 6) is -1.00. The van der Waals surface area contributed by atoms with Crippen LogP contribution in [0.4, 0.5) is 14.5 Å². The van der Waals surface area contributed by atoms with Gasteiger partial charge in [0, 0.05) is 11.6 Å². The first-order valence-corrected chi connectivity index (χ1v) is 5.99. The number of phenolic OH excluding ortho intramolecular Hbond substituents is 1. The Kier molecular flexibility index (Phi) is 3.69. The molecular formula is C15H15F2NO. The smallest absolute Gasteiger partial charge is 0.146 e. The molecule has 0 spiro atoms. The van der Waals surface area contributed by atoms with Crippen LogP contribution < -0.4 is 5.32 Å². The molecule has 0 amide bonds. The van der Waals surface area contributed by atoms with Crippen LogP contribution in [0.25, 0.3) is 0 Å². The lowest BCUT2D eigenvalue weighted by Crippen LogP contribution is -2.09. The van der Waals surface area contributed by atoms with E-state index in [1.807, 2.05) is 0 Å². The maximum Gasteiger partial charge on any atom is 0.146 e. The number of aromatic hydroxyl groups is 1. The van der Waals surface area contributed by atoms with Crippen LogP contribution in [0.2, 0.25) is 0 Å². The number of hydrogen-bond acceptors (Lipinski definition) is 2. The average Bonchev–Trinajstić information content (AvgIpc) is 2.33. The van der Waals surface area contributed by atoms with E-state index in [9.17, 15) is 13.9 Å².